The number of amides is 2. The maximum Gasteiger partial charge on any atom is 0.265 e. The van der Waals surface area contributed by atoms with Crippen LogP contribution < -0.4 is 16.4 Å². The first-order valence-electron chi connectivity index (χ1n) is 6.99. The molecule has 4 N–H and O–H groups in total. The van der Waals surface area contributed by atoms with Gasteiger partial charge in [0.15, 0.2) is 0 Å². The average molecular weight is 388 g/mol. The fourth-order valence-corrected chi connectivity index (χ4v) is 2.57. The van der Waals surface area contributed by atoms with Crippen LogP contribution in [0, 0.1) is 0 Å². The summed E-state index contributed by atoms with van der Waals surface area (Å²) in [6.07, 6.45) is 0. The number of anilines is 1. The maximum absolute atomic E-state index is 12.3. The maximum atomic E-state index is 12.3. The fourth-order valence-electron chi connectivity index (χ4n) is 1.78. The Bertz CT molecular complexity index is 718. The van der Waals surface area contributed by atoms with Crippen LogP contribution in [0.5, 0.6) is 0 Å². The number of carbonyl (C=O) groups is 2. The lowest BCUT2D eigenvalue weighted by Gasteiger charge is -2.24. The number of nitrogens with one attached hydrogen (secondary N) is 2. The number of hydrogen-bond acceptors (Lipinski definition) is 4. The van der Waals surface area contributed by atoms with Crippen molar-refractivity contribution in [3.8, 4) is 0 Å². The van der Waals surface area contributed by atoms with E-state index in [0.717, 1.165) is 0 Å². The predicted octanol–water partition coefficient (Wildman–Crippen LogP) is 3.54. The van der Waals surface area contributed by atoms with Crippen molar-refractivity contribution in [2.75, 3.05) is 11.9 Å². The summed E-state index contributed by atoms with van der Waals surface area (Å²) in [5.41, 5.74) is 5.89. The third-order valence-corrected chi connectivity index (χ3v) is 4.38. The quantitative estimate of drug-likeness (QED) is 0.733. The summed E-state index contributed by atoms with van der Waals surface area (Å²) in [6.45, 7) is 3.98. The fraction of sp³-hybridized carbons (Fsp3) is 0.250. The van der Waals surface area contributed by atoms with Crippen LogP contribution in [0.15, 0.2) is 35.7 Å². The number of thiophene rings is 1. The molecule has 1 heterocycles. The molecular weight excluding hydrogens is 369 g/mol. The van der Waals surface area contributed by atoms with Crippen molar-refractivity contribution in [3.63, 3.8) is 0 Å². The van der Waals surface area contributed by atoms with Crippen LogP contribution in [0.25, 0.3) is 0 Å². The summed E-state index contributed by atoms with van der Waals surface area (Å²) < 4.78 is 0. The van der Waals surface area contributed by atoms with E-state index < -0.39 is 5.54 Å². The summed E-state index contributed by atoms with van der Waals surface area (Å²) in [5.74, 6) is -0.537. The first-order valence-corrected chi connectivity index (χ1v) is 8.25. The third-order valence-electron chi connectivity index (χ3n) is 3.18. The van der Waals surface area contributed by atoms with E-state index in [2.05, 4.69) is 10.6 Å². The summed E-state index contributed by atoms with van der Waals surface area (Å²) in [5, 5.41) is 7.73. The van der Waals surface area contributed by atoms with E-state index in [1.165, 1.54) is 11.3 Å². The minimum Gasteiger partial charge on any atom is -0.346 e. The molecule has 2 rings (SSSR count). The molecule has 0 spiro atoms. The molecule has 0 unspecified atom stereocenters. The first-order chi connectivity index (χ1) is 10.8. The van der Waals surface area contributed by atoms with Crippen molar-refractivity contribution in [1.82, 2.24) is 5.32 Å². The largest absolute Gasteiger partial charge is 0.346 e. The molecule has 24 heavy (non-hydrogen) atoms. The number of benzene rings is 1. The van der Waals surface area contributed by atoms with Gasteiger partial charge in [0.05, 0.1) is 15.6 Å². The van der Waals surface area contributed by atoms with E-state index >= 15 is 0 Å². The van der Waals surface area contributed by atoms with Crippen molar-refractivity contribution >= 4 is 52.8 Å². The topological polar surface area (TPSA) is 84.2 Å². The van der Waals surface area contributed by atoms with Gasteiger partial charge in [0.1, 0.15) is 0 Å². The zero-order valence-electron chi connectivity index (χ0n) is 13.3. The summed E-state index contributed by atoms with van der Waals surface area (Å²) >= 11 is 7.43. The molecule has 2 aromatic rings. The highest BCUT2D eigenvalue weighted by atomic mass is 35.5. The average Bonchev–Trinajstić information content (AvgIpc) is 3.03. The molecule has 0 saturated heterocycles. The molecule has 1 aromatic carbocycles. The second-order valence-electron chi connectivity index (χ2n) is 5.67. The Morgan fingerprint density at radius 2 is 1.96 bits per heavy atom. The van der Waals surface area contributed by atoms with Gasteiger partial charge >= 0.3 is 0 Å². The Kier molecular flexibility index (Phi) is 7.23. The third kappa shape index (κ3) is 5.21. The molecule has 5 nitrogen and oxygen atoms in total. The summed E-state index contributed by atoms with van der Waals surface area (Å²) in [4.78, 5) is 25.0. The van der Waals surface area contributed by atoms with Crippen LogP contribution in [0.2, 0.25) is 5.02 Å². The molecule has 0 fully saturated rings. The molecule has 0 aliphatic rings. The molecule has 0 radical (unpaired) electrons. The van der Waals surface area contributed by atoms with Crippen molar-refractivity contribution in [1.29, 1.82) is 0 Å². The van der Waals surface area contributed by atoms with Crippen LogP contribution in [-0.4, -0.2) is 23.9 Å². The summed E-state index contributed by atoms with van der Waals surface area (Å²) in [7, 11) is 0. The Morgan fingerprint density at radius 1 is 1.25 bits per heavy atom. The Balaban J connectivity index is 0.00000288. The van der Waals surface area contributed by atoms with Gasteiger partial charge in [-0.15, -0.1) is 23.7 Å². The lowest BCUT2D eigenvalue weighted by molar-refractivity contribution is 0.0914. The Morgan fingerprint density at radius 3 is 2.54 bits per heavy atom. The standard InChI is InChI=1S/C16H18ClN3O2S.ClH/c1-16(2,9-18)20-14(21)10-5-6-11(17)12(8-10)19-15(22)13-4-3-7-23-13;/h3-8H,9,18H2,1-2H3,(H,19,22)(H,20,21);1H. The number of hydrogen-bond donors (Lipinski definition) is 3. The predicted molar refractivity (Wildman–Crippen MR) is 102 cm³/mol. The van der Waals surface area contributed by atoms with Gasteiger partial charge in [0.2, 0.25) is 0 Å². The highest BCUT2D eigenvalue weighted by molar-refractivity contribution is 7.12. The van der Waals surface area contributed by atoms with Gasteiger partial charge < -0.3 is 16.4 Å². The Labute approximate surface area is 156 Å². The molecule has 130 valence electrons. The van der Waals surface area contributed by atoms with E-state index in [1.54, 1.807) is 30.3 Å². The number of carbonyl (C=O) groups excluding carboxylic acids is 2. The molecule has 8 heteroatoms. The van der Waals surface area contributed by atoms with Crippen LogP contribution in [0.1, 0.15) is 33.9 Å². The molecular formula is C16H19Cl2N3O2S. The normalized spacial score (nSPS) is 10.7. The van der Waals surface area contributed by atoms with E-state index in [4.69, 9.17) is 17.3 Å². The number of nitrogens with two attached hydrogens (primary N) is 1. The second-order valence-corrected chi connectivity index (χ2v) is 7.02. The lowest BCUT2D eigenvalue weighted by atomic mass is 10.0. The second kappa shape index (κ2) is 8.48. The zero-order valence-corrected chi connectivity index (χ0v) is 15.6. The Hall–Kier alpha value is -1.60. The van der Waals surface area contributed by atoms with Crippen molar-refractivity contribution in [2.24, 2.45) is 5.73 Å². The van der Waals surface area contributed by atoms with E-state index in [1.807, 2.05) is 19.2 Å². The van der Waals surface area contributed by atoms with E-state index in [0.29, 0.717) is 27.7 Å². The van der Waals surface area contributed by atoms with Gasteiger partial charge in [-0.2, -0.15) is 0 Å². The molecule has 2 amide bonds. The van der Waals surface area contributed by atoms with E-state index in [9.17, 15) is 9.59 Å². The molecule has 0 saturated carbocycles. The molecule has 0 aliphatic heterocycles. The molecule has 0 atom stereocenters. The SMILES string of the molecule is CC(C)(CN)NC(=O)c1ccc(Cl)c(NC(=O)c2cccs2)c1.Cl. The lowest BCUT2D eigenvalue weighted by Crippen LogP contribution is -2.48. The van der Waals surface area contributed by atoms with Crippen molar-refractivity contribution in [3.05, 3.63) is 51.2 Å². The van der Waals surface area contributed by atoms with Crippen LogP contribution >= 0.6 is 35.3 Å². The van der Waals surface area contributed by atoms with Gasteiger partial charge in [-0.25, -0.2) is 0 Å². The minimum absolute atomic E-state index is 0. The van der Waals surface area contributed by atoms with Gasteiger partial charge in [-0.1, -0.05) is 17.7 Å². The number of rotatable bonds is 5. The van der Waals surface area contributed by atoms with Crippen LogP contribution in [0.4, 0.5) is 5.69 Å². The highest BCUT2D eigenvalue weighted by Crippen LogP contribution is 2.24. The van der Waals surface area contributed by atoms with E-state index in [-0.39, 0.29) is 24.2 Å². The van der Waals surface area contributed by atoms with Crippen LogP contribution in [0.3, 0.4) is 0 Å². The van der Waals surface area contributed by atoms with Gasteiger partial charge in [-0.3, -0.25) is 9.59 Å². The monoisotopic (exact) mass is 387 g/mol. The first kappa shape index (κ1) is 20.4. The van der Waals surface area contributed by atoms with Crippen LogP contribution in [-0.2, 0) is 0 Å². The number of halogens is 2. The van der Waals surface area contributed by atoms with Gasteiger partial charge in [0.25, 0.3) is 11.8 Å². The smallest absolute Gasteiger partial charge is 0.265 e. The van der Waals surface area contributed by atoms with Crippen molar-refractivity contribution < 1.29 is 9.59 Å². The minimum atomic E-state index is -0.517. The molecule has 1 aromatic heterocycles. The van der Waals surface area contributed by atoms with Crippen molar-refractivity contribution in [2.45, 2.75) is 19.4 Å². The highest BCUT2D eigenvalue weighted by Gasteiger charge is 2.20. The van der Waals surface area contributed by atoms with Gasteiger partial charge in [-0.05, 0) is 43.5 Å². The summed E-state index contributed by atoms with van der Waals surface area (Å²) in [6, 6.07) is 8.24. The molecule has 0 bridgehead atoms. The zero-order chi connectivity index (χ0) is 17.0. The van der Waals surface area contributed by atoms with Gasteiger partial charge in [0, 0.05) is 17.6 Å². The molecule has 0 aliphatic carbocycles.